The Morgan fingerprint density at radius 3 is 2.13 bits per heavy atom. The molecule has 0 unspecified atom stereocenters. The van der Waals surface area contributed by atoms with Gasteiger partial charge in [-0.05, 0) is 41.8 Å². The van der Waals surface area contributed by atoms with Gasteiger partial charge in [0.15, 0.2) is 11.5 Å². The first-order chi connectivity index (χ1) is 13.8. The van der Waals surface area contributed by atoms with Gasteiger partial charge in [0.1, 0.15) is 16.3 Å². The van der Waals surface area contributed by atoms with Crippen LogP contribution in [-0.4, -0.2) is 36.2 Å². The number of hydrogen-bond donors (Lipinski definition) is 5. The molecule has 3 rings (SSSR count). The maximum absolute atomic E-state index is 11.8. The van der Waals surface area contributed by atoms with Crippen LogP contribution in [0, 0.1) is 0 Å². The second kappa shape index (κ2) is 7.37. The van der Waals surface area contributed by atoms with Gasteiger partial charge in [0.05, 0.1) is 9.92 Å². The van der Waals surface area contributed by atoms with Crippen LogP contribution < -0.4 is 5.73 Å². The van der Waals surface area contributed by atoms with Crippen LogP contribution in [0.15, 0.2) is 56.4 Å². The molecule has 30 heavy (non-hydrogen) atoms. The zero-order valence-corrected chi connectivity index (χ0v) is 16.9. The van der Waals surface area contributed by atoms with E-state index in [1.807, 2.05) is 0 Å². The summed E-state index contributed by atoms with van der Waals surface area (Å²) in [5.74, 6) is -1.41. The predicted octanol–water partition coefficient (Wildman–Crippen LogP) is 3.40. The Bertz CT molecular complexity index is 1440. The number of phenolic OH excluding ortho intramolecular Hbond substituents is 2. The van der Waals surface area contributed by atoms with E-state index in [1.165, 1.54) is 18.2 Å². The van der Waals surface area contributed by atoms with E-state index in [4.69, 9.17) is 21.9 Å². The van der Waals surface area contributed by atoms with Crippen molar-refractivity contribution in [3.63, 3.8) is 0 Å². The third-order valence-corrected chi connectivity index (χ3v) is 5.91. The second-order valence-corrected chi connectivity index (χ2v) is 9.19. The highest BCUT2D eigenvalue weighted by Crippen LogP contribution is 2.43. The number of anilines is 1. The summed E-state index contributed by atoms with van der Waals surface area (Å²) in [6.07, 6.45) is 0. The van der Waals surface area contributed by atoms with Crippen LogP contribution in [-0.2, 0) is 20.2 Å². The van der Waals surface area contributed by atoms with Gasteiger partial charge in [0.25, 0.3) is 20.2 Å². The molecule has 3 aromatic rings. The largest absolute Gasteiger partial charge is 0.505 e. The molecule has 0 saturated heterocycles. The van der Waals surface area contributed by atoms with E-state index >= 15 is 0 Å². The molecule has 0 atom stereocenters. The molecule has 0 heterocycles. The summed E-state index contributed by atoms with van der Waals surface area (Å²) in [5.41, 5.74) is 4.65. The molecule has 0 spiro atoms. The Morgan fingerprint density at radius 2 is 1.53 bits per heavy atom. The maximum atomic E-state index is 11.8. The predicted molar refractivity (Wildman–Crippen MR) is 107 cm³/mol. The molecule has 14 heteroatoms. The topological polar surface area (TPSA) is 200 Å². The molecule has 0 bridgehead atoms. The number of rotatable bonds is 4. The average molecular weight is 474 g/mol. The van der Waals surface area contributed by atoms with Crippen LogP contribution in [0.2, 0.25) is 5.02 Å². The summed E-state index contributed by atoms with van der Waals surface area (Å²) in [7, 11) is -9.61. The molecular formula is C16H12ClN3O8S2. The van der Waals surface area contributed by atoms with Gasteiger partial charge in [-0.25, -0.2) is 0 Å². The Morgan fingerprint density at radius 1 is 0.867 bits per heavy atom. The molecular weight excluding hydrogens is 462 g/mol. The highest BCUT2D eigenvalue weighted by molar-refractivity contribution is 7.86. The Balaban J connectivity index is 2.28. The van der Waals surface area contributed by atoms with E-state index in [0.717, 1.165) is 12.1 Å². The summed E-state index contributed by atoms with van der Waals surface area (Å²) in [6, 6.07) is 6.62. The van der Waals surface area contributed by atoms with Crippen molar-refractivity contribution < 1.29 is 36.2 Å². The Labute approximate surface area is 174 Å². The van der Waals surface area contributed by atoms with Crippen LogP contribution in [0.4, 0.5) is 17.1 Å². The van der Waals surface area contributed by atoms with E-state index in [9.17, 15) is 31.6 Å². The molecule has 0 saturated carbocycles. The number of azo groups is 1. The summed E-state index contributed by atoms with van der Waals surface area (Å²) in [6.45, 7) is 0. The number of aromatic hydroxyl groups is 2. The molecule has 11 nitrogen and oxygen atoms in total. The van der Waals surface area contributed by atoms with Gasteiger partial charge in [-0.15, -0.1) is 10.2 Å². The van der Waals surface area contributed by atoms with Gasteiger partial charge in [0.2, 0.25) is 0 Å². The molecule has 158 valence electrons. The van der Waals surface area contributed by atoms with E-state index < -0.39 is 57.9 Å². The summed E-state index contributed by atoms with van der Waals surface area (Å²) in [4.78, 5) is -1.54. The number of phenols is 2. The van der Waals surface area contributed by atoms with Crippen molar-refractivity contribution in [3.05, 3.63) is 41.4 Å². The van der Waals surface area contributed by atoms with Crippen molar-refractivity contribution in [1.82, 2.24) is 0 Å². The number of fused-ring (bicyclic) bond motifs is 1. The minimum atomic E-state index is -4.89. The zero-order chi connectivity index (χ0) is 22.4. The van der Waals surface area contributed by atoms with Gasteiger partial charge in [-0.1, -0.05) is 11.6 Å². The van der Waals surface area contributed by atoms with Crippen molar-refractivity contribution in [1.29, 1.82) is 0 Å². The highest BCUT2D eigenvalue weighted by atomic mass is 35.5. The molecule has 0 aliphatic carbocycles. The summed E-state index contributed by atoms with van der Waals surface area (Å²) < 4.78 is 64.9. The van der Waals surface area contributed by atoms with E-state index in [1.54, 1.807) is 0 Å². The monoisotopic (exact) mass is 473 g/mol. The minimum Gasteiger partial charge on any atom is -0.505 e. The van der Waals surface area contributed by atoms with Gasteiger partial charge in [-0.2, -0.15) is 16.8 Å². The van der Waals surface area contributed by atoms with Crippen molar-refractivity contribution in [2.75, 3.05) is 5.73 Å². The first-order valence-electron chi connectivity index (χ1n) is 7.73. The number of nitrogens with two attached hydrogens (primary N) is 1. The third kappa shape index (κ3) is 4.15. The van der Waals surface area contributed by atoms with Crippen LogP contribution in [0.5, 0.6) is 11.5 Å². The van der Waals surface area contributed by atoms with Crippen LogP contribution in [0.3, 0.4) is 0 Å². The maximum Gasteiger partial charge on any atom is 0.296 e. The number of benzene rings is 3. The molecule has 0 radical (unpaired) electrons. The smallest absolute Gasteiger partial charge is 0.296 e. The van der Waals surface area contributed by atoms with Crippen LogP contribution in [0.25, 0.3) is 10.8 Å². The Hall–Kier alpha value is -2.97. The SMILES string of the molecule is Nc1ccc2c(O)c(N=Nc3cc(S(=O)(=O)O)cc(Cl)c3O)c(S(=O)(=O)O)cc2c1. The van der Waals surface area contributed by atoms with Gasteiger partial charge in [-0.3, -0.25) is 9.11 Å². The lowest BCUT2D eigenvalue weighted by Gasteiger charge is -2.09. The molecule has 0 fully saturated rings. The normalized spacial score (nSPS) is 12.6. The second-order valence-electron chi connectivity index (χ2n) is 5.98. The van der Waals surface area contributed by atoms with E-state index in [0.29, 0.717) is 6.07 Å². The van der Waals surface area contributed by atoms with E-state index in [2.05, 4.69) is 10.2 Å². The lowest BCUT2D eigenvalue weighted by Crippen LogP contribution is -1.99. The number of nitrogens with zero attached hydrogens (tertiary/aromatic N) is 2. The highest BCUT2D eigenvalue weighted by Gasteiger charge is 2.23. The van der Waals surface area contributed by atoms with Crippen LogP contribution in [0.1, 0.15) is 0 Å². The number of halogens is 1. The van der Waals surface area contributed by atoms with Gasteiger partial charge < -0.3 is 15.9 Å². The lowest BCUT2D eigenvalue weighted by molar-refractivity contribution is 0.471. The first-order valence-corrected chi connectivity index (χ1v) is 11.0. The third-order valence-electron chi connectivity index (χ3n) is 3.93. The Kier molecular flexibility index (Phi) is 5.34. The van der Waals surface area contributed by atoms with E-state index in [-0.39, 0.29) is 16.5 Å². The first kappa shape index (κ1) is 21.7. The number of nitrogen functional groups attached to an aromatic ring is 1. The fourth-order valence-corrected chi connectivity index (χ4v) is 4.02. The van der Waals surface area contributed by atoms with Crippen molar-refractivity contribution in [2.24, 2.45) is 10.2 Å². The standard InChI is InChI=1S/C16H12ClN3O8S2/c17-11-5-9(29(23,24)25)6-12(16(11)22)19-20-14-13(30(26,27)28)4-7-3-8(18)1-2-10(7)15(14)21/h1-6,21-22H,18H2,(H,23,24,25)(H,26,27,28). The van der Waals surface area contributed by atoms with Gasteiger partial charge >= 0.3 is 0 Å². The van der Waals surface area contributed by atoms with Crippen molar-refractivity contribution in [3.8, 4) is 11.5 Å². The van der Waals surface area contributed by atoms with Crippen molar-refractivity contribution >= 4 is 59.7 Å². The lowest BCUT2D eigenvalue weighted by atomic mass is 10.1. The number of hydrogen-bond acceptors (Lipinski definition) is 9. The summed E-state index contributed by atoms with van der Waals surface area (Å²) in [5, 5.41) is 27.3. The molecule has 0 aliphatic rings. The molecule has 0 aliphatic heterocycles. The molecule has 0 amide bonds. The zero-order valence-electron chi connectivity index (χ0n) is 14.6. The van der Waals surface area contributed by atoms with Crippen molar-refractivity contribution in [2.45, 2.75) is 9.79 Å². The quantitative estimate of drug-likeness (QED) is 0.214. The molecule has 0 aromatic heterocycles. The van der Waals surface area contributed by atoms with Crippen LogP contribution >= 0.6 is 11.6 Å². The fraction of sp³-hybridized carbons (Fsp3) is 0. The molecule has 6 N–H and O–H groups in total. The average Bonchev–Trinajstić information content (AvgIpc) is 2.61. The summed E-state index contributed by atoms with van der Waals surface area (Å²) >= 11 is 5.71. The fourth-order valence-electron chi connectivity index (χ4n) is 2.55. The minimum absolute atomic E-state index is 0.125. The van der Waals surface area contributed by atoms with Gasteiger partial charge in [0, 0.05) is 11.1 Å². The molecule has 3 aromatic carbocycles.